The molecular formula is C13H18N2O4. The van der Waals surface area contributed by atoms with Gasteiger partial charge in [-0.05, 0) is 26.8 Å². The lowest BCUT2D eigenvalue weighted by Crippen LogP contribution is -2.45. The Labute approximate surface area is 111 Å². The van der Waals surface area contributed by atoms with Crippen LogP contribution in [0.4, 0.5) is 11.4 Å². The fraction of sp³-hybridized carbons (Fsp3) is 0.538. The summed E-state index contributed by atoms with van der Waals surface area (Å²) in [7, 11) is 0. The molecule has 0 atom stereocenters. The van der Waals surface area contributed by atoms with Crippen LogP contribution in [0.15, 0.2) is 18.2 Å². The predicted molar refractivity (Wildman–Crippen MR) is 71.2 cm³/mol. The lowest BCUT2D eigenvalue weighted by molar-refractivity contribution is -0.385. The summed E-state index contributed by atoms with van der Waals surface area (Å²) in [4.78, 5) is 10.5. The van der Waals surface area contributed by atoms with Crippen molar-refractivity contribution in [1.29, 1.82) is 0 Å². The molecule has 0 radical (unpaired) electrons. The normalized spacial score (nSPS) is 19.1. The molecule has 19 heavy (non-hydrogen) atoms. The van der Waals surface area contributed by atoms with Crippen molar-refractivity contribution < 1.29 is 14.4 Å². The van der Waals surface area contributed by atoms with Gasteiger partial charge in [0.2, 0.25) is 0 Å². The molecule has 0 unspecified atom stereocenters. The molecule has 0 bridgehead atoms. The number of rotatable bonds is 3. The largest absolute Gasteiger partial charge is 0.377 e. The molecule has 1 aliphatic rings. The molecule has 0 aliphatic carbocycles. The molecule has 6 heteroatoms. The molecule has 0 amide bonds. The van der Waals surface area contributed by atoms with Gasteiger partial charge < -0.3 is 14.8 Å². The highest BCUT2D eigenvalue weighted by Crippen LogP contribution is 2.27. The predicted octanol–water partition coefficient (Wildman–Crippen LogP) is 2.47. The summed E-state index contributed by atoms with van der Waals surface area (Å²) in [5, 5.41) is 14.1. The molecule has 1 aliphatic heterocycles. The molecule has 1 fully saturated rings. The Morgan fingerprint density at radius 3 is 2.58 bits per heavy atom. The van der Waals surface area contributed by atoms with Crippen molar-refractivity contribution in [1.82, 2.24) is 0 Å². The number of hydrogen-bond acceptors (Lipinski definition) is 5. The Kier molecular flexibility index (Phi) is 3.73. The Morgan fingerprint density at radius 2 is 2.00 bits per heavy atom. The van der Waals surface area contributed by atoms with Crippen LogP contribution in [0.3, 0.4) is 0 Å². The molecule has 0 spiro atoms. The van der Waals surface area contributed by atoms with Crippen LogP contribution in [-0.4, -0.2) is 30.0 Å². The highest BCUT2D eigenvalue weighted by Gasteiger charge is 2.28. The van der Waals surface area contributed by atoms with Crippen LogP contribution in [0.25, 0.3) is 0 Å². The molecule has 1 N–H and O–H groups in total. The van der Waals surface area contributed by atoms with E-state index in [4.69, 9.17) is 9.47 Å². The third-order valence-corrected chi connectivity index (χ3v) is 3.13. The monoisotopic (exact) mass is 266 g/mol. The molecule has 1 aromatic carbocycles. The van der Waals surface area contributed by atoms with Gasteiger partial charge in [0.05, 0.1) is 24.2 Å². The van der Waals surface area contributed by atoms with E-state index >= 15 is 0 Å². The van der Waals surface area contributed by atoms with Crippen molar-refractivity contribution in [2.24, 2.45) is 0 Å². The first-order valence-electron chi connectivity index (χ1n) is 6.17. The van der Waals surface area contributed by atoms with E-state index in [1.54, 1.807) is 13.0 Å². The molecule has 2 rings (SSSR count). The van der Waals surface area contributed by atoms with Crippen LogP contribution in [0.5, 0.6) is 0 Å². The molecular weight excluding hydrogens is 248 g/mol. The van der Waals surface area contributed by atoms with Gasteiger partial charge in [-0.1, -0.05) is 6.07 Å². The van der Waals surface area contributed by atoms with Crippen molar-refractivity contribution in [3.05, 3.63) is 33.9 Å². The SMILES string of the molecule is Cc1c(NC2COC(C)(C)OC2)cccc1[N+](=O)[O-]. The summed E-state index contributed by atoms with van der Waals surface area (Å²) in [5.41, 5.74) is 1.48. The molecule has 1 aromatic rings. The number of hydrogen-bond donors (Lipinski definition) is 1. The second-order valence-electron chi connectivity index (χ2n) is 5.07. The van der Waals surface area contributed by atoms with Crippen LogP contribution in [0.1, 0.15) is 19.4 Å². The van der Waals surface area contributed by atoms with Gasteiger partial charge in [0.15, 0.2) is 5.79 Å². The summed E-state index contributed by atoms with van der Waals surface area (Å²) in [6, 6.07) is 4.98. The maximum Gasteiger partial charge on any atom is 0.274 e. The van der Waals surface area contributed by atoms with Crippen molar-refractivity contribution in [2.75, 3.05) is 18.5 Å². The zero-order valence-corrected chi connectivity index (χ0v) is 11.3. The van der Waals surface area contributed by atoms with Crippen LogP contribution in [0.2, 0.25) is 0 Å². The van der Waals surface area contributed by atoms with E-state index in [0.717, 1.165) is 5.69 Å². The average Bonchev–Trinajstić information content (AvgIpc) is 2.34. The van der Waals surface area contributed by atoms with E-state index in [9.17, 15) is 10.1 Å². The first kappa shape index (κ1) is 13.8. The van der Waals surface area contributed by atoms with Gasteiger partial charge in [0.25, 0.3) is 5.69 Å². The zero-order valence-electron chi connectivity index (χ0n) is 11.3. The fourth-order valence-corrected chi connectivity index (χ4v) is 1.97. The van der Waals surface area contributed by atoms with Crippen LogP contribution < -0.4 is 5.32 Å². The van der Waals surface area contributed by atoms with Crippen LogP contribution in [-0.2, 0) is 9.47 Å². The quantitative estimate of drug-likeness (QED) is 0.672. The van der Waals surface area contributed by atoms with E-state index in [1.807, 2.05) is 19.9 Å². The lowest BCUT2D eigenvalue weighted by Gasteiger charge is -2.35. The number of anilines is 1. The van der Waals surface area contributed by atoms with E-state index in [-0.39, 0.29) is 16.7 Å². The summed E-state index contributed by atoms with van der Waals surface area (Å²) >= 11 is 0. The van der Waals surface area contributed by atoms with Crippen molar-refractivity contribution in [3.63, 3.8) is 0 Å². The molecule has 0 aromatic heterocycles. The first-order chi connectivity index (χ1) is 8.89. The Balaban J connectivity index is 2.08. The third-order valence-electron chi connectivity index (χ3n) is 3.13. The van der Waals surface area contributed by atoms with Gasteiger partial charge >= 0.3 is 0 Å². The van der Waals surface area contributed by atoms with Gasteiger partial charge in [-0.3, -0.25) is 10.1 Å². The highest BCUT2D eigenvalue weighted by atomic mass is 16.7. The number of nitrogens with one attached hydrogen (secondary N) is 1. The van der Waals surface area contributed by atoms with Crippen LogP contribution >= 0.6 is 0 Å². The minimum absolute atomic E-state index is 0.00581. The number of nitro benzene ring substituents is 1. The summed E-state index contributed by atoms with van der Waals surface area (Å²) < 4.78 is 11.1. The lowest BCUT2D eigenvalue weighted by atomic mass is 10.1. The number of nitrogens with zero attached hydrogens (tertiary/aromatic N) is 1. The van der Waals surface area contributed by atoms with Gasteiger partial charge in [-0.2, -0.15) is 0 Å². The fourth-order valence-electron chi connectivity index (χ4n) is 1.97. The smallest absolute Gasteiger partial charge is 0.274 e. The number of nitro groups is 1. The Bertz CT molecular complexity index is 478. The number of benzene rings is 1. The van der Waals surface area contributed by atoms with E-state index in [1.165, 1.54) is 6.07 Å². The maximum absolute atomic E-state index is 10.9. The molecule has 1 heterocycles. The first-order valence-corrected chi connectivity index (χ1v) is 6.17. The minimum atomic E-state index is -0.560. The van der Waals surface area contributed by atoms with Gasteiger partial charge in [-0.15, -0.1) is 0 Å². The van der Waals surface area contributed by atoms with E-state index < -0.39 is 5.79 Å². The zero-order chi connectivity index (χ0) is 14.0. The highest BCUT2D eigenvalue weighted by molar-refractivity contribution is 5.60. The van der Waals surface area contributed by atoms with E-state index in [2.05, 4.69) is 5.32 Å². The minimum Gasteiger partial charge on any atom is -0.377 e. The summed E-state index contributed by atoms with van der Waals surface area (Å²) in [6.07, 6.45) is 0. The van der Waals surface area contributed by atoms with Crippen LogP contribution in [0, 0.1) is 17.0 Å². The summed E-state index contributed by atoms with van der Waals surface area (Å²) in [6.45, 7) is 6.48. The van der Waals surface area contributed by atoms with Crippen molar-refractivity contribution >= 4 is 11.4 Å². The topological polar surface area (TPSA) is 73.6 Å². The van der Waals surface area contributed by atoms with Crippen molar-refractivity contribution in [3.8, 4) is 0 Å². The third kappa shape index (κ3) is 3.21. The Morgan fingerprint density at radius 1 is 1.37 bits per heavy atom. The number of ether oxygens (including phenoxy) is 2. The maximum atomic E-state index is 10.9. The average molecular weight is 266 g/mol. The Hall–Kier alpha value is -1.66. The molecule has 0 saturated carbocycles. The van der Waals surface area contributed by atoms with Gasteiger partial charge in [0.1, 0.15) is 0 Å². The summed E-state index contributed by atoms with van der Waals surface area (Å²) in [5.74, 6) is -0.560. The molecule has 1 saturated heterocycles. The second kappa shape index (κ2) is 5.14. The standard InChI is InChI=1S/C13H18N2O4/c1-9-11(5-4-6-12(9)15(16)17)14-10-7-18-13(2,3)19-8-10/h4-6,10,14H,7-8H2,1-3H3. The molecule has 104 valence electrons. The van der Waals surface area contributed by atoms with Gasteiger partial charge in [0, 0.05) is 17.3 Å². The van der Waals surface area contributed by atoms with Gasteiger partial charge in [-0.25, -0.2) is 0 Å². The second-order valence-corrected chi connectivity index (χ2v) is 5.07. The van der Waals surface area contributed by atoms with Crippen molar-refractivity contribution in [2.45, 2.75) is 32.6 Å². The van der Waals surface area contributed by atoms with E-state index in [0.29, 0.717) is 18.8 Å². The molecule has 6 nitrogen and oxygen atoms in total.